The third-order valence-corrected chi connectivity index (χ3v) is 5.95. The number of nitrogens with one attached hydrogen (secondary N) is 1. The zero-order valence-corrected chi connectivity index (χ0v) is 17.4. The summed E-state index contributed by atoms with van der Waals surface area (Å²) in [5.74, 6) is 0.661. The molecule has 6 heteroatoms. The topological polar surface area (TPSA) is 64.6 Å². The van der Waals surface area contributed by atoms with Crippen LogP contribution < -0.4 is 9.46 Å². The first kappa shape index (κ1) is 21.0. The van der Waals surface area contributed by atoms with Crippen molar-refractivity contribution in [3.8, 4) is 5.75 Å². The Morgan fingerprint density at radius 3 is 2.07 bits per heavy atom. The van der Waals surface area contributed by atoms with Crippen LogP contribution in [0.1, 0.15) is 22.3 Å². The Balaban J connectivity index is 1.53. The van der Waals surface area contributed by atoms with Gasteiger partial charge in [0, 0.05) is 6.54 Å². The van der Waals surface area contributed by atoms with Crippen molar-refractivity contribution in [2.24, 2.45) is 0 Å². The molecule has 152 valence electrons. The summed E-state index contributed by atoms with van der Waals surface area (Å²) >= 11 is 0. The number of methoxy groups -OCH3 is 1. The number of rotatable bonds is 9. The summed E-state index contributed by atoms with van der Waals surface area (Å²) < 4.78 is 38.6. The fraction of sp³-hybridized carbons (Fsp3) is 0.217. The third-order valence-electron chi connectivity index (χ3n) is 4.55. The summed E-state index contributed by atoms with van der Waals surface area (Å²) in [6.07, 6.45) is 0. The van der Waals surface area contributed by atoms with E-state index in [4.69, 9.17) is 9.47 Å². The smallest absolute Gasteiger partial charge is 0.240 e. The van der Waals surface area contributed by atoms with E-state index in [1.165, 1.54) is 0 Å². The molecule has 0 saturated heterocycles. The van der Waals surface area contributed by atoms with Gasteiger partial charge in [-0.2, -0.15) is 0 Å². The molecule has 3 aromatic carbocycles. The molecule has 0 amide bonds. The normalized spacial score (nSPS) is 11.4. The predicted octanol–water partition coefficient (Wildman–Crippen LogP) is 4.20. The Hall–Kier alpha value is -2.67. The van der Waals surface area contributed by atoms with Crippen LogP contribution in [-0.2, 0) is 34.5 Å². The Bertz CT molecular complexity index is 1030. The van der Waals surface area contributed by atoms with Gasteiger partial charge in [0.05, 0.1) is 25.2 Å². The van der Waals surface area contributed by atoms with Crippen molar-refractivity contribution in [1.29, 1.82) is 0 Å². The van der Waals surface area contributed by atoms with Gasteiger partial charge in [-0.05, 0) is 47.4 Å². The summed E-state index contributed by atoms with van der Waals surface area (Å²) in [6, 6.07) is 22.5. The van der Waals surface area contributed by atoms with Gasteiger partial charge in [0.25, 0.3) is 0 Å². The van der Waals surface area contributed by atoms with Crippen LogP contribution in [0.5, 0.6) is 5.75 Å². The lowest BCUT2D eigenvalue weighted by molar-refractivity contribution is 0.107. The lowest BCUT2D eigenvalue weighted by atomic mass is 10.1. The van der Waals surface area contributed by atoms with Gasteiger partial charge in [0.2, 0.25) is 10.0 Å². The zero-order chi connectivity index (χ0) is 20.7. The number of benzene rings is 3. The molecule has 0 atom stereocenters. The van der Waals surface area contributed by atoms with Gasteiger partial charge >= 0.3 is 0 Å². The van der Waals surface area contributed by atoms with Crippen LogP contribution in [-0.4, -0.2) is 15.5 Å². The second kappa shape index (κ2) is 9.69. The van der Waals surface area contributed by atoms with Crippen molar-refractivity contribution < 1.29 is 17.9 Å². The number of hydrogen-bond acceptors (Lipinski definition) is 4. The van der Waals surface area contributed by atoms with Crippen LogP contribution in [0.2, 0.25) is 0 Å². The van der Waals surface area contributed by atoms with E-state index in [2.05, 4.69) is 4.72 Å². The van der Waals surface area contributed by atoms with Gasteiger partial charge in [0.15, 0.2) is 0 Å². The van der Waals surface area contributed by atoms with Crippen LogP contribution in [0.25, 0.3) is 0 Å². The molecule has 0 heterocycles. The maximum Gasteiger partial charge on any atom is 0.240 e. The molecular formula is C23H25NO4S. The lowest BCUT2D eigenvalue weighted by Gasteiger charge is -2.10. The summed E-state index contributed by atoms with van der Waals surface area (Å²) in [6.45, 7) is 3.10. The van der Waals surface area contributed by atoms with Gasteiger partial charge in [-0.15, -0.1) is 0 Å². The molecule has 3 aromatic rings. The summed E-state index contributed by atoms with van der Waals surface area (Å²) in [7, 11) is -2.03. The molecule has 0 radical (unpaired) electrons. The first-order chi connectivity index (χ1) is 14.0. The minimum Gasteiger partial charge on any atom is -0.496 e. The molecular weight excluding hydrogens is 386 g/mol. The van der Waals surface area contributed by atoms with Gasteiger partial charge < -0.3 is 9.47 Å². The highest BCUT2D eigenvalue weighted by molar-refractivity contribution is 7.89. The van der Waals surface area contributed by atoms with Gasteiger partial charge in [-0.25, -0.2) is 13.1 Å². The highest BCUT2D eigenvalue weighted by Gasteiger charge is 2.15. The van der Waals surface area contributed by atoms with E-state index in [-0.39, 0.29) is 11.4 Å². The van der Waals surface area contributed by atoms with E-state index < -0.39 is 10.0 Å². The number of ether oxygens (including phenoxy) is 2. The number of aryl methyl sites for hydroxylation is 1. The molecule has 0 aliphatic rings. The fourth-order valence-corrected chi connectivity index (χ4v) is 4.00. The Morgan fingerprint density at radius 2 is 1.45 bits per heavy atom. The molecule has 5 nitrogen and oxygen atoms in total. The van der Waals surface area contributed by atoms with Crippen molar-refractivity contribution >= 4 is 10.0 Å². The van der Waals surface area contributed by atoms with E-state index >= 15 is 0 Å². The SMILES string of the molecule is COc1ccc(S(=O)(=O)NCc2ccc(COCc3ccccc3)cc2)cc1C. The third kappa shape index (κ3) is 5.90. The quantitative estimate of drug-likeness (QED) is 0.573. The summed E-state index contributed by atoms with van der Waals surface area (Å²) in [5.41, 5.74) is 3.83. The number of hydrogen-bond donors (Lipinski definition) is 1. The predicted molar refractivity (Wildman–Crippen MR) is 113 cm³/mol. The maximum atomic E-state index is 12.5. The van der Waals surface area contributed by atoms with Crippen molar-refractivity contribution in [3.05, 3.63) is 95.1 Å². The minimum absolute atomic E-state index is 0.221. The fourth-order valence-electron chi connectivity index (χ4n) is 2.89. The van der Waals surface area contributed by atoms with E-state index in [0.717, 1.165) is 22.3 Å². The molecule has 0 fully saturated rings. The van der Waals surface area contributed by atoms with Gasteiger partial charge in [0.1, 0.15) is 5.75 Å². The van der Waals surface area contributed by atoms with Crippen LogP contribution >= 0.6 is 0 Å². The second-order valence-corrected chi connectivity index (χ2v) is 8.52. The Morgan fingerprint density at radius 1 is 0.828 bits per heavy atom. The van der Waals surface area contributed by atoms with Crippen molar-refractivity contribution in [2.45, 2.75) is 31.6 Å². The van der Waals surface area contributed by atoms with Crippen LogP contribution in [0.3, 0.4) is 0 Å². The number of sulfonamides is 1. The molecule has 0 bridgehead atoms. The van der Waals surface area contributed by atoms with Crippen LogP contribution in [0, 0.1) is 6.92 Å². The molecule has 0 unspecified atom stereocenters. The Kier molecular flexibility index (Phi) is 7.04. The summed E-state index contributed by atoms with van der Waals surface area (Å²) in [4.78, 5) is 0.224. The van der Waals surface area contributed by atoms with Crippen LogP contribution in [0.4, 0.5) is 0 Å². The van der Waals surface area contributed by atoms with Gasteiger partial charge in [-0.3, -0.25) is 0 Å². The molecule has 1 N–H and O–H groups in total. The molecule has 3 rings (SSSR count). The maximum absolute atomic E-state index is 12.5. The van der Waals surface area contributed by atoms with Crippen molar-refractivity contribution in [3.63, 3.8) is 0 Å². The first-order valence-corrected chi connectivity index (χ1v) is 10.8. The van der Waals surface area contributed by atoms with Crippen molar-refractivity contribution in [2.75, 3.05) is 7.11 Å². The average molecular weight is 412 g/mol. The average Bonchev–Trinajstić information content (AvgIpc) is 2.74. The molecule has 0 aromatic heterocycles. The van der Waals surface area contributed by atoms with E-state index in [1.807, 2.05) is 61.5 Å². The molecule has 29 heavy (non-hydrogen) atoms. The Labute approximate surface area is 172 Å². The second-order valence-electron chi connectivity index (χ2n) is 6.75. The zero-order valence-electron chi connectivity index (χ0n) is 16.6. The van der Waals surface area contributed by atoms with E-state index in [9.17, 15) is 8.42 Å². The molecule has 0 spiro atoms. The van der Waals surface area contributed by atoms with Gasteiger partial charge in [-0.1, -0.05) is 54.6 Å². The molecule has 0 saturated carbocycles. The standard InChI is InChI=1S/C23H25NO4S/c1-18-14-22(12-13-23(18)27-2)29(25,26)24-15-19-8-10-21(11-9-19)17-28-16-20-6-4-3-5-7-20/h3-14,24H,15-17H2,1-2H3. The molecule has 0 aliphatic carbocycles. The minimum atomic E-state index is -3.59. The molecule has 0 aliphatic heterocycles. The lowest BCUT2D eigenvalue weighted by Crippen LogP contribution is -2.23. The highest BCUT2D eigenvalue weighted by atomic mass is 32.2. The summed E-state index contributed by atoms with van der Waals surface area (Å²) in [5, 5.41) is 0. The van der Waals surface area contributed by atoms with Crippen LogP contribution in [0.15, 0.2) is 77.7 Å². The van der Waals surface area contributed by atoms with E-state index in [0.29, 0.717) is 19.0 Å². The highest BCUT2D eigenvalue weighted by Crippen LogP contribution is 2.21. The monoisotopic (exact) mass is 411 g/mol. The first-order valence-electron chi connectivity index (χ1n) is 9.32. The van der Waals surface area contributed by atoms with E-state index in [1.54, 1.807) is 25.3 Å². The largest absolute Gasteiger partial charge is 0.496 e. The van der Waals surface area contributed by atoms with Crippen molar-refractivity contribution in [1.82, 2.24) is 4.72 Å².